The Morgan fingerprint density at radius 3 is 2.76 bits per heavy atom. The zero-order valence-electron chi connectivity index (χ0n) is 20.8. The summed E-state index contributed by atoms with van der Waals surface area (Å²) in [5.41, 5.74) is 1.01. The molecule has 9 heteroatoms. The van der Waals surface area contributed by atoms with Gasteiger partial charge in [0, 0.05) is 41.9 Å². The summed E-state index contributed by atoms with van der Waals surface area (Å²) in [5.74, 6) is 1.80. The van der Waals surface area contributed by atoms with Gasteiger partial charge >= 0.3 is 6.18 Å². The van der Waals surface area contributed by atoms with E-state index in [1.807, 2.05) is 24.3 Å². The molecular weight excluding hydrogens is 501 g/mol. The van der Waals surface area contributed by atoms with Crippen LogP contribution < -0.4 is 4.74 Å². The molecule has 1 aliphatic rings. The van der Waals surface area contributed by atoms with Gasteiger partial charge in [0.1, 0.15) is 5.75 Å². The quantitative estimate of drug-likeness (QED) is 0.321. The normalized spacial score (nSPS) is 19.7. The van der Waals surface area contributed by atoms with E-state index in [1.165, 1.54) is 23.9 Å². The molecule has 200 valence electrons. The first-order chi connectivity index (χ1) is 17.8. The third-order valence-electron chi connectivity index (χ3n) is 7.20. The van der Waals surface area contributed by atoms with Crippen molar-refractivity contribution in [2.24, 2.45) is 11.8 Å². The summed E-state index contributed by atoms with van der Waals surface area (Å²) in [6.45, 7) is 2.44. The summed E-state index contributed by atoms with van der Waals surface area (Å²) in [6, 6.07) is 12.9. The Bertz CT molecular complexity index is 1180. The first-order valence-electron chi connectivity index (χ1n) is 12.5. The Hall–Kier alpha value is -2.33. The fourth-order valence-electron chi connectivity index (χ4n) is 5.09. The van der Waals surface area contributed by atoms with Gasteiger partial charge in [-0.1, -0.05) is 6.07 Å². The van der Waals surface area contributed by atoms with E-state index in [0.717, 1.165) is 55.0 Å². The smallest absolute Gasteiger partial charge is 0.416 e. The van der Waals surface area contributed by atoms with E-state index in [1.54, 1.807) is 19.4 Å². The predicted molar refractivity (Wildman–Crippen MR) is 140 cm³/mol. The minimum Gasteiger partial charge on any atom is -0.497 e. The van der Waals surface area contributed by atoms with Gasteiger partial charge in [-0.15, -0.1) is 11.8 Å². The molecule has 3 atom stereocenters. The van der Waals surface area contributed by atoms with Crippen LogP contribution in [0.15, 0.2) is 59.6 Å². The van der Waals surface area contributed by atoms with Crippen molar-refractivity contribution < 1.29 is 28.1 Å². The van der Waals surface area contributed by atoms with Gasteiger partial charge in [0.25, 0.3) is 0 Å². The van der Waals surface area contributed by atoms with Gasteiger partial charge in [0.05, 0.1) is 24.3 Å². The van der Waals surface area contributed by atoms with Crippen LogP contribution in [-0.4, -0.2) is 59.2 Å². The van der Waals surface area contributed by atoms with Gasteiger partial charge in [-0.25, -0.2) is 0 Å². The molecule has 2 heterocycles. The summed E-state index contributed by atoms with van der Waals surface area (Å²) in [5, 5.41) is 21.9. The lowest BCUT2D eigenvalue weighted by Gasteiger charge is -2.38. The second kappa shape index (κ2) is 12.5. The SMILES string of the molecule is COc1ccc2nccc([C@@H](O)CC[C@@H]3CCN(CCSc4cccc(C(F)(F)F)c4)C[C@@H]3CO)c2c1. The standard InChI is InChI=1S/C28H33F3N2O3S/c1-36-22-6-7-26-25(16-22)24(9-11-32-26)27(35)8-5-19-10-12-33(17-20(19)18-34)13-14-37-23-4-2-3-21(15-23)28(29,30)31/h2-4,6-7,9,11,15-16,19-20,27,34-35H,5,8,10,12-14,17-18H2,1H3/t19-,20-,27+/m1/s1. The number of fused-ring (bicyclic) bond motifs is 1. The number of pyridine rings is 1. The Kier molecular flexibility index (Phi) is 9.34. The molecule has 1 fully saturated rings. The Morgan fingerprint density at radius 2 is 2.00 bits per heavy atom. The van der Waals surface area contributed by atoms with E-state index in [-0.39, 0.29) is 12.5 Å². The lowest BCUT2D eigenvalue weighted by Crippen LogP contribution is -2.43. The number of rotatable bonds is 10. The first-order valence-corrected chi connectivity index (χ1v) is 13.5. The molecule has 0 amide bonds. The highest BCUT2D eigenvalue weighted by Gasteiger charge is 2.31. The molecule has 4 rings (SSSR count). The lowest BCUT2D eigenvalue weighted by molar-refractivity contribution is -0.137. The molecule has 2 aromatic carbocycles. The van der Waals surface area contributed by atoms with Crippen molar-refractivity contribution in [1.82, 2.24) is 9.88 Å². The number of alkyl halides is 3. The molecule has 0 radical (unpaired) electrons. The topological polar surface area (TPSA) is 65.8 Å². The van der Waals surface area contributed by atoms with Gasteiger partial charge in [-0.05, 0) is 85.7 Å². The zero-order valence-corrected chi connectivity index (χ0v) is 21.6. The van der Waals surface area contributed by atoms with Gasteiger partial charge in [0.15, 0.2) is 0 Å². The molecular formula is C28H33F3N2O3S. The Labute approximate surface area is 219 Å². The second-order valence-electron chi connectivity index (χ2n) is 9.54. The van der Waals surface area contributed by atoms with Crippen molar-refractivity contribution in [2.45, 2.75) is 36.4 Å². The third kappa shape index (κ3) is 7.16. The van der Waals surface area contributed by atoms with E-state index < -0.39 is 17.8 Å². The van der Waals surface area contributed by atoms with Crippen LogP contribution in [0.3, 0.4) is 0 Å². The maximum atomic E-state index is 12.9. The molecule has 1 aliphatic heterocycles. The summed E-state index contributed by atoms with van der Waals surface area (Å²) in [4.78, 5) is 7.27. The number of halogens is 3. The maximum Gasteiger partial charge on any atom is 0.416 e. The van der Waals surface area contributed by atoms with Gasteiger partial charge in [0.2, 0.25) is 0 Å². The van der Waals surface area contributed by atoms with Crippen molar-refractivity contribution in [3.05, 3.63) is 65.9 Å². The van der Waals surface area contributed by atoms with Gasteiger partial charge in [-0.2, -0.15) is 13.2 Å². The van der Waals surface area contributed by atoms with Crippen LogP contribution in [0, 0.1) is 11.8 Å². The van der Waals surface area contributed by atoms with Crippen LogP contribution in [0.2, 0.25) is 0 Å². The van der Waals surface area contributed by atoms with Gasteiger partial charge in [-0.3, -0.25) is 4.98 Å². The maximum absolute atomic E-state index is 12.9. The summed E-state index contributed by atoms with van der Waals surface area (Å²) in [6.07, 6.45) is -0.969. The lowest BCUT2D eigenvalue weighted by atomic mass is 9.81. The number of hydrogen-bond acceptors (Lipinski definition) is 6. The average Bonchev–Trinajstić information content (AvgIpc) is 2.91. The molecule has 0 saturated carbocycles. The molecule has 0 unspecified atom stereocenters. The number of nitrogens with zero attached hydrogens (tertiary/aromatic N) is 2. The van der Waals surface area contributed by atoms with Crippen LogP contribution in [0.4, 0.5) is 13.2 Å². The molecule has 2 N–H and O–H groups in total. The monoisotopic (exact) mass is 534 g/mol. The number of thioether (sulfide) groups is 1. The van der Waals surface area contributed by atoms with Crippen molar-refractivity contribution in [3.8, 4) is 5.75 Å². The number of methoxy groups -OCH3 is 1. The number of hydrogen-bond donors (Lipinski definition) is 2. The van der Waals surface area contributed by atoms with E-state index in [2.05, 4.69) is 9.88 Å². The van der Waals surface area contributed by atoms with Crippen molar-refractivity contribution in [1.29, 1.82) is 0 Å². The molecule has 1 saturated heterocycles. The fourth-order valence-corrected chi connectivity index (χ4v) is 6.06. The molecule has 1 aromatic heterocycles. The minimum absolute atomic E-state index is 0.0768. The summed E-state index contributed by atoms with van der Waals surface area (Å²) >= 11 is 1.42. The average molecular weight is 535 g/mol. The molecule has 5 nitrogen and oxygen atoms in total. The van der Waals surface area contributed by atoms with E-state index >= 15 is 0 Å². The van der Waals surface area contributed by atoms with Crippen LogP contribution in [0.25, 0.3) is 10.9 Å². The van der Waals surface area contributed by atoms with Crippen molar-refractivity contribution >= 4 is 22.7 Å². The van der Waals surface area contributed by atoms with Crippen LogP contribution in [0.5, 0.6) is 5.75 Å². The second-order valence-corrected chi connectivity index (χ2v) is 10.7. The minimum atomic E-state index is -4.34. The summed E-state index contributed by atoms with van der Waals surface area (Å²) in [7, 11) is 1.61. The van der Waals surface area contributed by atoms with Crippen molar-refractivity contribution in [3.63, 3.8) is 0 Å². The number of benzene rings is 2. The fraction of sp³-hybridized carbons (Fsp3) is 0.464. The van der Waals surface area contributed by atoms with E-state index in [4.69, 9.17) is 4.74 Å². The third-order valence-corrected chi connectivity index (χ3v) is 8.17. The van der Waals surface area contributed by atoms with Crippen LogP contribution in [0.1, 0.15) is 36.5 Å². The molecule has 3 aromatic rings. The predicted octanol–water partition coefficient (Wildman–Crippen LogP) is 5.80. The first kappa shape index (κ1) is 27.7. The number of aliphatic hydroxyl groups excluding tert-OH is 2. The van der Waals surface area contributed by atoms with Crippen molar-refractivity contribution in [2.75, 3.05) is 39.1 Å². The Balaban J connectivity index is 1.28. The highest BCUT2D eigenvalue weighted by atomic mass is 32.2. The van der Waals surface area contributed by atoms with E-state index in [0.29, 0.717) is 28.7 Å². The summed E-state index contributed by atoms with van der Waals surface area (Å²) < 4.78 is 44.2. The Morgan fingerprint density at radius 1 is 1.16 bits per heavy atom. The largest absolute Gasteiger partial charge is 0.497 e. The number of ether oxygens (including phenoxy) is 1. The highest BCUT2D eigenvalue weighted by Crippen LogP contribution is 2.34. The number of piperidine rings is 1. The molecule has 0 bridgehead atoms. The van der Waals surface area contributed by atoms with Crippen LogP contribution >= 0.6 is 11.8 Å². The number of likely N-dealkylation sites (tertiary alicyclic amines) is 1. The molecule has 37 heavy (non-hydrogen) atoms. The molecule has 0 spiro atoms. The number of aromatic nitrogens is 1. The van der Waals surface area contributed by atoms with E-state index in [9.17, 15) is 23.4 Å². The van der Waals surface area contributed by atoms with Gasteiger partial charge < -0.3 is 19.8 Å². The van der Waals surface area contributed by atoms with Crippen LogP contribution in [-0.2, 0) is 6.18 Å². The highest BCUT2D eigenvalue weighted by molar-refractivity contribution is 7.99. The zero-order chi connectivity index (χ0) is 26.4. The molecule has 0 aliphatic carbocycles. The number of aliphatic hydroxyl groups is 2.